The van der Waals surface area contributed by atoms with Crippen LogP contribution >= 0.6 is 0 Å². The van der Waals surface area contributed by atoms with Crippen LogP contribution in [0.3, 0.4) is 0 Å². The highest BCUT2D eigenvalue weighted by atomic mass is 16.6. The van der Waals surface area contributed by atoms with Gasteiger partial charge in [0.2, 0.25) is 5.91 Å². The molecule has 0 aliphatic rings. The fourth-order valence-corrected chi connectivity index (χ4v) is 2.04. The normalized spacial score (nSPS) is 10.8. The van der Waals surface area contributed by atoms with Crippen molar-refractivity contribution in [2.24, 2.45) is 0 Å². The molecule has 1 amide bonds. The zero-order chi connectivity index (χ0) is 15.4. The van der Waals surface area contributed by atoms with Gasteiger partial charge in [0.05, 0.1) is 18.3 Å². The van der Waals surface area contributed by atoms with Gasteiger partial charge in [0.1, 0.15) is 18.8 Å². The molecule has 0 unspecified atom stereocenters. The second-order valence-corrected chi connectivity index (χ2v) is 4.71. The molecule has 0 fully saturated rings. The van der Waals surface area contributed by atoms with Gasteiger partial charge in [0.25, 0.3) is 5.88 Å². The average Bonchev–Trinajstić information content (AvgIpc) is 3.11. The molecule has 0 aliphatic carbocycles. The van der Waals surface area contributed by atoms with E-state index >= 15 is 0 Å². The number of carbonyl (C=O) groups excluding carboxylic acids is 1. The molecule has 8 nitrogen and oxygen atoms in total. The Morgan fingerprint density at radius 2 is 2.23 bits per heavy atom. The summed E-state index contributed by atoms with van der Waals surface area (Å²) < 4.78 is 11.5. The molecule has 3 aromatic rings. The number of ether oxygens (including phenoxy) is 1. The maximum absolute atomic E-state index is 11.9. The largest absolute Gasteiger partial charge is 0.472 e. The molecule has 2 heterocycles. The maximum Gasteiger partial charge on any atom is 0.278 e. The average molecular weight is 301 g/mol. The molecule has 114 valence electrons. The highest BCUT2D eigenvalue weighted by molar-refractivity contribution is 5.81. The van der Waals surface area contributed by atoms with E-state index in [1.165, 1.54) is 0 Å². The Kier molecular flexibility index (Phi) is 3.99. The molecule has 0 aliphatic heterocycles. The lowest BCUT2D eigenvalue weighted by molar-refractivity contribution is -0.121. The monoisotopic (exact) mass is 301 g/mol. The molecule has 2 aromatic heterocycles. The van der Waals surface area contributed by atoms with Crippen molar-refractivity contribution in [3.63, 3.8) is 0 Å². The molecular weight excluding hydrogens is 286 g/mol. The fourth-order valence-electron chi connectivity index (χ4n) is 2.04. The predicted octanol–water partition coefficient (Wildman–Crippen LogP) is 0.923. The highest BCUT2D eigenvalue weighted by Crippen LogP contribution is 2.12. The maximum atomic E-state index is 11.9. The van der Waals surface area contributed by atoms with Crippen molar-refractivity contribution >= 4 is 16.8 Å². The van der Waals surface area contributed by atoms with Crippen molar-refractivity contribution in [2.45, 2.75) is 13.5 Å². The van der Waals surface area contributed by atoms with Gasteiger partial charge in [-0.05, 0) is 18.1 Å². The first kappa shape index (κ1) is 14.1. The molecule has 0 atom stereocenters. The van der Waals surface area contributed by atoms with E-state index in [9.17, 15) is 4.79 Å². The summed E-state index contributed by atoms with van der Waals surface area (Å²) in [7, 11) is 0. The lowest BCUT2D eigenvalue weighted by Gasteiger charge is -2.06. The van der Waals surface area contributed by atoms with Gasteiger partial charge in [-0.25, -0.2) is 4.63 Å². The molecule has 0 saturated heterocycles. The number of aryl methyl sites for hydroxylation is 1. The first-order valence-corrected chi connectivity index (χ1v) is 6.83. The van der Waals surface area contributed by atoms with E-state index < -0.39 is 0 Å². The van der Waals surface area contributed by atoms with E-state index in [1.54, 1.807) is 17.8 Å². The minimum absolute atomic E-state index is 0.132. The Balaban J connectivity index is 1.47. The lowest BCUT2D eigenvalue weighted by Crippen LogP contribution is -2.31. The second-order valence-electron chi connectivity index (χ2n) is 4.71. The van der Waals surface area contributed by atoms with E-state index in [-0.39, 0.29) is 12.5 Å². The van der Waals surface area contributed by atoms with Crippen LogP contribution in [-0.4, -0.2) is 39.2 Å². The smallest absolute Gasteiger partial charge is 0.278 e. The standard InChI is InChI=1S/C14H15N5O3/c1-10-14(18-22-17-10)21-7-6-15-13(20)9-19-12-5-3-2-4-11(12)8-16-19/h2-5,8H,6-7,9H2,1H3,(H,15,20). The number of fused-ring (bicyclic) bond motifs is 1. The highest BCUT2D eigenvalue weighted by Gasteiger charge is 2.08. The summed E-state index contributed by atoms with van der Waals surface area (Å²) in [5.74, 6) is 0.208. The SMILES string of the molecule is Cc1nonc1OCCNC(=O)Cn1ncc2ccccc21. The minimum Gasteiger partial charge on any atom is -0.472 e. The number of aromatic nitrogens is 4. The molecule has 0 radical (unpaired) electrons. The zero-order valence-corrected chi connectivity index (χ0v) is 12.0. The van der Waals surface area contributed by atoms with Gasteiger partial charge < -0.3 is 10.1 Å². The van der Waals surface area contributed by atoms with Gasteiger partial charge in [-0.15, -0.1) is 0 Å². The molecule has 8 heteroatoms. The van der Waals surface area contributed by atoms with E-state index in [0.717, 1.165) is 10.9 Å². The number of amides is 1. The summed E-state index contributed by atoms with van der Waals surface area (Å²) in [6.07, 6.45) is 1.74. The topological polar surface area (TPSA) is 95.1 Å². The van der Waals surface area contributed by atoms with Crippen LogP contribution in [0.25, 0.3) is 10.9 Å². The van der Waals surface area contributed by atoms with E-state index in [0.29, 0.717) is 24.7 Å². The first-order valence-electron chi connectivity index (χ1n) is 6.83. The van der Waals surface area contributed by atoms with Gasteiger partial charge in [0, 0.05) is 5.39 Å². The van der Waals surface area contributed by atoms with Crippen LogP contribution in [-0.2, 0) is 11.3 Å². The third-order valence-electron chi connectivity index (χ3n) is 3.12. The summed E-state index contributed by atoms with van der Waals surface area (Å²) in [5, 5.41) is 15.2. The number of nitrogens with one attached hydrogen (secondary N) is 1. The van der Waals surface area contributed by atoms with Crippen molar-refractivity contribution in [1.29, 1.82) is 0 Å². The van der Waals surface area contributed by atoms with Gasteiger partial charge >= 0.3 is 0 Å². The molecule has 1 aromatic carbocycles. The number of carbonyl (C=O) groups is 1. The van der Waals surface area contributed by atoms with Crippen LogP contribution in [0.5, 0.6) is 5.88 Å². The number of nitrogens with zero attached hydrogens (tertiary/aromatic N) is 4. The third-order valence-corrected chi connectivity index (χ3v) is 3.12. The van der Waals surface area contributed by atoms with Crippen molar-refractivity contribution in [2.75, 3.05) is 13.2 Å². The summed E-state index contributed by atoms with van der Waals surface area (Å²) in [5.41, 5.74) is 1.51. The molecule has 1 N–H and O–H groups in total. The van der Waals surface area contributed by atoms with Gasteiger partial charge in [-0.2, -0.15) is 5.10 Å². The fraction of sp³-hybridized carbons (Fsp3) is 0.286. The number of rotatable bonds is 6. The zero-order valence-electron chi connectivity index (χ0n) is 12.0. The van der Waals surface area contributed by atoms with E-state index in [1.807, 2.05) is 24.3 Å². The summed E-state index contributed by atoms with van der Waals surface area (Å²) in [6, 6.07) is 7.74. The number of hydrogen-bond acceptors (Lipinski definition) is 6. The third kappa shape index (κ3) is 3.05. The lowest BCUT2D eigenvalue weighted by atomic mass is 10.2. The van der Waals surface area contributed by atoms with E-state index in [2.05, 4.69) is 25.4 Å². The van der Waals surface area contributed by atoms with Gasteiger partial charge in [-0.3, -0.25) is 9.48 Å². The Morgan fingerprint density at radius 1 is 1.36 bits per heavy atom. The Morgan fingerprint density at radius 3 is 3.05 bits per heavy atom. The van der Waals surface area contributed by atoms with Crippen LogP contribution in [0.1, 0.15) is 5.69 Å². The summed E-state index contributed by atoms with van der Waals surface area (Å²) in [6.45, 7) is 2.55. The summed E-state index contributed by atoms with van der Waals surface area (Å²) >= 11 is 0. The van der Waals surface area contributed by atoms with Gasteiger partial charge in [-0.1, -0.05) is 23.4 Å². The van der Waals surface area contributed by atoms with Crippen LogP contribution < -0.4 is 10.1 Å². The van der Waals surface area contributed by atoms with Crippen molar-refractivity contribution < 1.29 is 14.2 Å². The molecule has 3 rings (SSSR count). The van der Waals surface area contributed by atoms with E-state index in [4.69, 9.17) is 4.74 Å². The van der Waals surface area contributed by atoms with Gasteiger partial charge in [0.15, 0.2) is 0 Å². The Bertz CT molecular complexity index is 779. The summed E-state index contributed by atoms with van der Waals surface area (Å²) in [4.78, 5) is 11.9. The Hall–Kier alpha value is -2.90. The van der Waals surface area contributed by atoms with Crippen LogP contribution in [0.15, 0.2) is 35.1 Å². The molecule has 0 saturated carbocycles. The first-order chi connectivity index (χ1) is 10.7. The molecule has 0 bridgehead atoms. The number of benzene rings is 1. The quantitative estimate of drug-likeness (QED) is 0.680. The predicted molar refractivity (Wildman–Crippen MR) is 77.3 cm³/mol. The molecular formula is C14H15N5O3. The number of para-hydroxylation sites is 1. The van der Waals surface area contributed by atoms with Crippen molar-refractivity contribution in [3.05, 3.63) is 36.2 Å². The number of hydrogen-bond donors (Lipinski definition) is 1. The second kappa shape index (κ2) is 6.25. The van der Waals surface area contributed by atoms with Crippen LogP contribution in [0, 0.1) is 6.92 Å². The van der Waals surface area contributed by atoms with Crippen LogP contribution in [0.4, 0.5) is 0 Å². The Labute approximate surface area is 126 Å². The van der Waals surface area contributed by atoms with Crippen molar-refractivity contribution in [3.8, 4) is 5.88 Å². The van der Waals surface area contributed by atoms with Crippen molar-refractivity contribution in [1.82, 2.24) is 25.4 Å². The minimum atomic E-state index is -0.132. The molecule has 22 heavy (non-hydrogen) atoms. The molecule has 0 spiro atoms. The van der Waals surface area contributed by atoms with Crippen LogP contribution in [0.2, 0.25) is 0 Å².